The second kappa shape index (κ2) is 5.07. The summed E-state index contributed by atoms with van der Waals surface area (Å²) < 4.78 is 1.89. The molecule has 0 bridgehead atoms. The maximum Gasteiger partial charge on any atom is 0.354 e. The van der Waals surface area contributed by atoms with E-state index >= 15 is 0 Å². The second-order valence-electron chi connectivity index (χ2n) is 5.45. The predicted octanol–water partition coefficient (Wildman–Crippen LogP) is 2.48. The van der Waals surface area contributed by atoms with Crippen molar-refractivity contribution in [2.45, 2.75) is 32.7 Å². The molecule has 0 amide bonds. The third-order valence-electron chi connectivity index (χ3n) is 3.55. The first-order valence-corrected chi connectivity index (χ1v) is 6.58. The monoisotopic (exact) mass is 263 g/mol. The van der Waals surface area contributed by atoms with Crippen molar-refractivity contribution < 1.29 is 9.90 Å². The third kappa shape index (κ3) is 2.50. The van der Waals surface area contributed by atoms with Crippen LogP contribution in [0.5, 0.6) is 0 Å². The summed E-state index contributed by atoms with van der Waals surface area (Å²) in [5.74, 6) is 0.292. The highest BCUT2D eigenvalue weighted by molar-refractivity contribution is 5.88. The summed E-state index contributed by atoms with van der Waals surface area (Å²) in [7, 11) is 3.79. The molecule has 2 rings (SSSR count). The molecule has 104 valence electrons. The minimum absolute atomic E-state index is 0.171. The van der Waals surface area contributed by atoms with Gasteiger partial charge in [-0.05, 0) is 25.7 Å². The Bertz CT molecular complexity index is 517. The number of nitrogens with zero attached hydrogens (tertiary/aromatic N) is 3. The number of aromatic carboxylic acids is 1. The van der Waals surface area contributed by atoms with Crippen LogP contribution in [-0.2, 0) is 0 Å². The number of carboxylic acid groups (broad SMARTS) is 1. The lowest BCUT2D eigenvalue weighted by atomic mass is 9.93. The van der Waals surface area contributed by atoms with Crippen LogP contribution in [0.1, 0.15) is 42.0 Å². The molecule has 1 N–H and O–H groups in total. The summed E-state index contributed by atoms with van der Waals surface area (Å²) in [4.78, 5) is 17.8. The van der Waals surface area contributed by atoms with Crippen LogP contribution in [-0.4, -0.2) is 34.7 Å². The second-order valence-corrected chi connectivity index (χ2v) is 5.45. The van der Waals surface area contributed by atoms with Gasteiger partial charge in [0, 0.05) is 20.1 Å². The molecule has 1 aliphatic rings. The Kier molecular flexibility index (Phi) is 3.64. The van der Waals surface area contributed by atoms with E-state index in [1.54, 1.807) is 6.92 Å². The van der Waals surface area contributed by atoms with E-state index in [1.165, 1.54) is 0 Å². The number of rotatable bonds is 3. The van der Waals surface area contributed by atoms with Crippen LogP contribution in [0, 0.1) is 12.8 Å². The van der Waals surface area contributed by atoms with Crippen LogP contribution in [0.2, 0.25) is 0 Å². The van der Waals surface area contributed by atoms with E-state index in [0.29, 0.717) is 17.3 Å². The zero-order valence-corrected chi connectivity index (χ0v) is 11.9. The molecule has 1 aliphatic carbocycles. The summed E-state index contributed by atoms with van der Waals surface area (Å²) in [6.07, 6.45) is 6.14. The van der Waals surface area contributed by atoms with E-state index < -0.39 is 5.97 Å². The molecular weight excluding hydrogens is 242 g/mol. The van der Waals surface area contributed by atoms with E-state index in [4.69, 9.17) is 0 Å². The van der Waals surface area contributed by atoms with Gasteiger partial charge in [0.05, 0.1) is 5.69 Å². The van der Waals surface area contributed by atoms with Crippen molar-refractivity contribution in [3.63, 3.8) is 0 Å². The fraction of sp³-hybridized carbons (Fsp3) is 0.571. The fourth-order valence-corrected chi connectivity index (χ4v) is 2.73. The highest BCUT2D eigenvalue weighted by Gasteiger charge is 2.28. The van der Waals surface area contributed by atoms with Crippen molar-refractivity contribution in [3.05, 3.63) is 23.5 Å². The molecular formula is C14H21N3O2. The van der Waals surface area contributed by atoms with Gasteiger partial charge in [-0.15, -0.1) is 0 Å². The van der Waals surface area contributed by atoms with Gasteiger partial charge in [0.2, 0.25) is 5.95 Å². The van der Waals surface area contributed by atoms with Crippen molar-refractivity contribution in [3.8, 4) is 0 Å². The standard InChI is InChI=1S/C14H21N3O2/c1-9-6-5-7-11(8-9)17-12(13(18)19)10(2)15-14(17)16(3)4/h5-6,9,11H,7-8H2,1-4H3,(H,18,19)/t9?,11-/m0/s1. The van der Waals surface area contributed by atoms with Gasteiger partial charge in [-0.25, -0.2) is 9.78 Å². The largest absolute Gasteiger partial charge is 0.477 e. The Labute approximate surface area is 113 Å². The summed E-state index contributed by atoms with van der Waals surface area (Å²) in [6, 6.07) is 0.171. The number of anilines is 1. The Balaban J connectivity index is 2.52. The quantitative estimate of drug-likeness (QED) is 0.851. The number of hydrogen-bond donors (Lipinski definition) is 1. The maximum absolute atomic E-state index is 11.5. The fourth-order valence-electron chi connectivity index (χ4n) is 2.73. The average molecular weight is 263 g/mol. The summed E-state index contributed by atoms with van der Waals surface area (Å²) in [6.45, 7) is 3.91. The van der Waals surface area contributed by atoms with Gasteiger partial charge in [0.1, 0.15) is 0 Å². The SMILES string of the molecule is Cc1nc(N(C)C)n([C@H]2CC=CC(C)C2)c1C(=O)O. The molecule has 5 nitrogen and oxygen atoms in total. The van der Waals surface area contributed by atoms with E-state index in [2.05, 4.69) is 24.1 Å². The first kappa shape index (κ1) is 13.6. The van der Waals surface area contributed by atoms with Crippen molar-refractivity contribution in [1.82, 2.24) is 9.55 Å². The van der Waals surface area contributed by atoms with Gasteiger partial charge in [0.15, 0.2) is 5.69 Å². The van der Waals surface area contributed by atoms with Crippen molar-refractivity contribution >= 4 is 11.9 Å². The maximum atomic E-state index is 11.5. The Morgan fingerprint density at radius 3 is 2.74 bits per heavy atom. The molecule has 2 atom stereocenters. The Morgan fingerprint density at radius 2 is 2.21 bits per heavy atom. The summed E-state index contributed by atoms with van der Waals surface area (Å²) in [5.41, 5.74) is 0.898. The Morgan fingerprint density at radius 1 is 1.53 bits per heavy atom. The number of aryl methyl sites for hydroxylation is 1. The van der Waals surface area contributed by atoms with Gasteiger partial charge in [0.25, 0.3) is 0 Å². The average Bonchev–Trinajstić information content (AvgIpc) is 2.67. The molecule has 5 heteroatoms. The van der Waals surface area contributed by atoms with Crippen LogP contribution >= 0.6 is 0 Å². The van der Waals surface area contributed by atoms with E-state index in [-0.39, 0.29) is 6.04 Å². The molecule has 0 aromatic carbocycles. The van der Waals surface area contributed by atoms with Crippen LogP contribution in [0.3, 0.4) is 0 Å². The molecule has 1 unspecified atom stereocenters. The topological polar surface area (TPSA) is 58.4 Å². The zero-order chi connectivity index (χ0) is 14.2. The first-order chi connectivity index (χ1) is 8.91. The van der Waals surface area contributed by atoms with E-state index in [1.807, 2.05) is 23.6 Å². The number of aromatic nitrogens is 2. The van der Waals surface area contributed by atoms with E-state index in [0.717, 1.165) is 18.8 Å². The van der Waals surface area contributed by atoms with Crippen molar-refractivity contribution in [1.29, 1.82) is 0 Å². The van der Waals surface area contributed by atoms with Crippen LogP contribution in [0.25, 0.3) is 0 Å². The smallest absolute Gasteiger partial charge is 0.354 e. The molecule has 0 spiro atoms. The highest BCUT2D eigenvalue weighted by atomic mass is 16.4. The first-order valence-electron chi connectivity index (χ1n) is 6.58. The number of carbonyl (C=O) groups is 1. The van der Waals surface area contributed by atoms with Crippen LogP contribution < -0.4 is 4.90 Å². The Hall–Kier alpha value is -1.78. The molecule has 0 saturated heterocycles. The minimum Gasteiger partial charge on any atom is -0.477 e. The lowest BCUT2D eigenvalue weighted by Crippen LogP contribution is -2.24. The summed E-state index contributed by atoms with van der Waals surface area (Å²) >= 11 is 0. The van der Waals surface area contributed by atoms with Gasteiger partial charge in [-0.2, -0.15) is 0 Å². The number of imidazole rings is 1. The lowest BCUT2D eigenvalue weighted by Gasteiger charge is -2.27. The molecule has 1 aromatic heterocycles. The summed E-state index contributed by atoms with van der Waals surface area (Å²) in [5, 5.41) is 9.44. The predicted molar refractivity (Wildman–Crippen MR) is 74.8 cm³/mol. The molecule has 1 heterocycles. The molecule has 0 radical (unpaired) electrons. The number of allylic oxidation sites excluding steroid dienone is 2. The van der Waals surface area contributed by atoms with Gasteiger partial charge < -0.3 is 14.6 Å². The van der Waals surface area contributed by atoms with Gasteiger partial charge in [-0.3, -0.25) is 0 Å². The molecule has 0 fully saturated rings. The number of carboxylic acids is 1. The van der Waals surface area contributed by atoms with Crippen LogP contribution in [0.15, 0.2) is 12.2 Å². The number of hydrogen-bond acceptors (Lipinski definition) is 3. The molecule has 0 saturated carbocycles. The van der Waals surface area contributed by atoms with Gasteiger partial charge >= 0.3 is 5.97 Å². The van der Waals surface area contributed by atoms with Crippen molar-refractivity contribution in [2.75, 3.05) is 19.0 Å². The zero-order valence-electron chi connectivity index (χ0n) is 11.9. The lowest BCUT2D eigenvalue weighted by molar-refractivity contribution is 0.0681. The molecule has 19 heavy (non-hydrogen) atoms. The highest BCUT2D eigenvalue weighted by Crippen LogP contribution is 2.33. The van der Waals surface area contributed by atoms with Crippen molar-refractivity contribution in [2.24, 2.45) is 5.92 Å². The third-order valence-corrected chi connectivity index (χ3v) is 3.55. The normalized spacial score (nSPS) is 22.5. The van der Waals surface area contributed by atoms with Crippen LogP contribution in [0.4, 0.5) is 5.95 Å². The minimum atomic E-state index is -0.902. The molecule has 1 aromatic rings. The van der Waals surface area contributed by atoms with Gasteiger partial charge in [-0.1, -0.05) is 19.1 Å². The molecule has 0 aliphatic heterocycles. The van der Waals surface area contributed by atoms with E-state index in [9.17, 15) is 9.90 Å².